The maximum Gasteiger partial charge on any atom is 0.262 e. The van der Waals surface area contributed by atoms with Crippen LogP contribution in [0.3, 0.4) is 0 Å². The molecular weight excluding hydrogens is 354 g/mol. The van der Waals surface area contributed by atoms with Gasteiger partial charge in [-0.1, -0.05) is 22.0 Å². The van der Waals surface area contributed by atoms with Crippen molar-refractivity contribution in [3.05, 3.63) is 46.6 Å². The zero-order valence-electron chi connectivity index (χ0n) is 11.7. The highest BCUT2D eigenvalue weighted by Gasteiger charge is 2.16. The van der Waals surface area contributed by atoms with Crippen LogP contribution in [0, 0.1) is 6.92 Å². The number of hydrogen-bond donors (Lipinski definition) is 2. The van der Waals surface area contributed by atoms with Crippen LogP contribution in [0.1, 0.15) is 12.5 Å². The fraction of sp³-hybridized carbons (Fsp3) is 0.214. The first-order chi connectivity index (χ1) is 9.92. The summed E-state index contributed by atoms with van der Waals surface area (Å²) in [6.07, 6.45) is 1.47. The minimum atomic E-state index is -3.64. The Hall–Kier alpha value is -1.60. The Morgan fingerprint density at radius 3 is 2.71 bits per heavy atom. The lowest BCUT2D eigenvalue weighted by molar-refractivity contribution is 0.601. The number of sulfonamides is 1. The molecule has 0 bridgehead atoms. The number of nitrogens with zero attached hydrogens (tertiary/aromatic N) is 1. The van der Waals surface area contributed by atoms with E-state index in [0.29, 0.717) is 18.1 Å². The molecule has 112 valence electrons. The summed E-state index contributed by atoms with van der Waals surface area (Å²) < 4.78 is 28.3. The molecule has 0 atom stereocenters. The van der Waals surface area contributed by atoms with E-state index in [9.17, 15) is 8.42 Å². The van der Waals surface area contributed by atoms with Gasteiger partial charge >= 0.3 is 0 Å². The zero-order chi connectivity index (χ0) is 15.5. The van der Waals surface area contributed by atoms with Crippen LogP contribution >= 0.6 is 15.9 Å². The van der Waals surface area contributed by atoms with Gasteiger partial charge in [-0.05, 0) is 37.6 Å². The third kappa shape index (κ3) is 3.95. The number of nitrogens with one attached hydrogen (secondary N) is 2. The van der Waals surface area contributed by atoms with Gasteiger partial charge in [-0.25, -0.2) is 13.4 Å². The Kier molecular flexibility index (Phi) is 4.84. The molecule has 2 aromatic rings. The monoisotopic (exact) mass is 369 g/mol. The number of halogens is 1. The average molecular weight is 370 g/mol. The summed E-state index contributed by atoms with van der Waals surface area (Å²) in [4.78, 5) is 4.24. The second kappa shape index (κ2) is 6.44. The van der Waals surface area contributed by atoms with E-state index in [2.05, 4.69) is 31.0 Å². The van der Waals surface area contributed by atoms with Crippen molar-refractivity contribution >= 4 is 37.5 Å². The fourth-order valence-corrected chi connectivity index (χ4v) is 3.26. The molecule has 0 saturated heterocycles. The molecular formula is C14H16BrN3O2S. The van der Waals surface area contributed by atoms with Crippen molar-refractivity contribution < 1.29 is 8.42 Å². The minimum absolute atomic E-state index is 0.174. The van der Waals surface area contributed by atoms with Crippen molar-refractivity contribution in [3.8, 4) is 0 Å². The molecule has 1 heterocycles. The van der Waals surface area contributed by atoms with E-state index in [1.807, 2.05) is 26.0 Å². The van der Waals surface area contributed by atoms with Gasteiger partial charge in [-0.2, -0.15) is 0 Å². The van der Waals surface area contributed by atoms with Crippen molar-refractivity contribution in [3.63, 3.8) is 0 Å². The maximum absolute atomic E-state index is 12.4. The average Bonchev–Trinajstić information content (AvgIpc) is 2.43. The molecule has 0 fully saturated rings. The van der Waals surface area contributed by atoms with Gasteiger partial charge < -0.3 is 5.32 Å². The highest BCUT2D eigenvalue weighted by atomic mass is 79.9. The van der Waals surface area contributed by atoms with E-state index < -0.39 is 10.0 Å². The van der Waals surface area contributed by atoms with Crippen LogP contribution in [0.4, 0.5) is 11.5 Å². The summed E-state index contributed by atoms with van der Waals surface area (Å²) in [6.45, 7) is 4.45. The van der Waals surface area contributed by atoms with E-state index >= 15 is 0 Å². The summed E-state index contributed by atoms with van der Waals surface area (Å²) in [7, 11) is -3.64. The van der Waals surface area contributed by atoms with Crippen LogP contribution in [0.5, 0.6) is 0 Å². The Bertz CT molecular complexity index is 748. The van der Waals surface area contributed by atoms with Crippen molar-refractivity contribution in [1.29, 1.82) is 0 Å². The summed E-state index contributed by atoms with van der Waals surface area (Å²) in [5, 5.41) is 2.99. The number of aryl methyl sites for hydroxylation is 1. The molecule has 21 heavy (non-hydrogen) atoms. The highest BCUT2D eigenvalue weighted by molar-refractivity contribution is 9.10. The minimum Gasteiger partial charge on any atom is -0.370 e. The Balaban J connectivity index is 2.34. The topological polar surface area (TPSA) is 71.1 Å². The first-order valence-electron chi connectivity index (χ1n) is 6.41. The van der Waals surface area contributed by atoms with Gasteiger partial charge in [0, 0.05) is 23.3 Å². The van der Waals surface area contributed by atoms with Gasteiger partial charge in [0.05, 0.1) is 10.6 Å². The van der Waals surface area contributed by atoms with E-state index in [1.54, 1.807) is 6.07 Å². The predicted molar refractivity (Wildman–Crippen MR) is 88.1 cm³/mol. The zero-order valence-corrected chi connectivity index (χ0v) is 14.1. The standard InChI is InChI=1S/C14H16BrN3O2S/c1-3-16-14-9-12(6-7-17-14)21(19,20)18-13-8-11(15)5-4-10(13)2/h4-9,18H,3H2,1-2H3,(H,16,17). The smallest absolute Gasteiger partial charge is 0.262 e. The van der Waals surface area contributed by atoms with Gasteiger partial charge in [0.1, 0.15) is 5.82 Å². The molecule has 2 N–H and O–H groups in total. The van der Waals surface area contributed by atoms with Crippen molar-refractivity contribution in [2.45, 2.75) is 18.7 Å². The summed E-state index contributed by atoms with van der Waals surface area (Å²) in [5.74, 6) is 0.534. The predicted octanol–water partition coefficient (Wildman–Crippen LogP) is 3.39. The SMILES string of the molecule is CCNc1cc(S(=O)(=O)Nc2cc(Br)ccc2C)ccn1. The van der Waals surface area contributed by atoms with E-state index in [-0.39, 0.29) is 4.90 Å². The van der Waals surface area contributed by atoms with Crippen LogP contribution in [-0.2, 0) is 10.0 Å². The number of hydrogen-bond acceptors (Lipinski definition) is 4. The van der Waals surface area contributed by atoms with E-state index in [4.69, 9.17) is 0 Å². The van der Waals surface area contributed by atoms with E-state index in [0.717, 1.165) is 10.0 Å². The van der Waals surface area contributed by atoms with Crippen molar-refractivity contribution in [1.82, 2.24) is 4.98 Å². The van der Waals surface area contributed by atoms with E-state index in [1.165, 1.54) is 18.3 Å². The van der Waals surface area contributed by atoms with Gasteiger partial charge in [0.15, 0.2) is 0 Å². The van der Waals surface area contributed by atoms with Crippen LogP contribution in [0.2, 0.25) is 0 Å². The second-order valence-corrected chi connectivity index (χ2v) is 7.07. The normalized spacial score (nSPS) is 11.2. The maximum atomic E-state index is 12.4. The Labute approximate surface area is 133 Å². The Morgan fingerprint density at radius 2 is 2.00 bits per heavy atom. The molecule has 1 aromatic carbocycles. The first-order valence-corrected chi connectivity index (χ1v) is 8.69. The molecule has 2 rings (SSSR count). The van der Waals surface area contributed by atoms with Crippen LogP contribution in [-0.4, -0.2) is 19.9 Å². The molecule has 0 amide bonds. The molecule has 7 heteroatoms. The fourth-order valence-electron chi connectivity index (χ4n) is 1.76. The molecule has 0 spiro atoms. The number of anilines is 2. The molecule has 1 aromatic heterocycles. The summed E-state index contributed by atoms with van der Waals surface area (Å²) in [6, 6.07) is 8.43. The molecule has 0 aliphatic rings. The van der Waals surface area contributed by atoms with Gasteiger partial charge in [0.25, 0.3) is 10.0 Å². The molecule has 5 nitrogen and oxygen atoms in total. The third-order valence-corrected chi connectivity index (χ3v) is 4.70. The molecule has 0 radical (unpaired) electrons. The first kappa shape index (κ1) is 15.8. The quantitative estimate of drug-likeness (QED) is 0.847. The number of rotatable bonds is 5. The van der Waals surface area contributed by atoms with Crippen molar-refractivity contribution in [2.24, 2.45) is 0 Å². The van der Waals surface area contributed by atoms with Gasteiger partial charge in [0.2, 0.25) is 0 Å². The lowest BCUT2D eigenvalue weighted by Gasteiger charge is -2.12. The van der Waals surface area contributed by atoms with Crippen LogP contribution in [0.25, 0.3) is 0 Å². The Morgan fingerprint density at radius 1 is 1.24 bits per heavy atom. The van der Waals surface area contributed by atoms with Gasteiger partial charge in [-0.3, -0.25) is 4.72 Å². The molecule has 0 saturated carbocycles. The molecule has 0 unspecified atom stereocenters. The third-order valence-electron chi connectivity index (χ3n) is 2.84. The van der Waals surface area contributed by atoms with Gasteiger partial charge in [-0.15, -0.1) is 0 Å². The second-order valence-electron chi connectivity index (χ2n) is 4.47. The lowest BCUT2D eigenvalue weighted by atomic mass is 10.2. The number of aromatic nitrogens is 1. The summed E-state index contributed by atoms with van der Waals surface area (Å²) >= 11 is 3.34. The molecule has 0 aliphatic heterocycles. The summed E-state index contributed by atoms with van der Waals surface area (Å²) in [5.41, 5.74) is 1.40. The van der Waals surface area contributed by atoms with Crippen LogP contribution < -0.4 is 10.0 Å². The van der Waals surface area contributed by atoms with Crippen LogP contribution in [0.15, 0.2) is 45.9 Å². The highest BCUT2D eigenvalue weighted by Crippen LogP contribution is 2.24. The number of pyridine rings is 1. The largest absolute Gasteiger partial charge is 0.370 e. The number of benzene rings is 1. The van der Waals surface area contributed by atoms with Crippen molar-refractivity contribution in [2.75, 3.05) is 16.6 Å². The molecule has 0 aliphatic carbocycles. The lowest BCUT2D eigenvalue weighted by Crippen LogP contribution is -2.14.